The van der Waals surface area contributed by atoms with E-state index < -0.39 is 0 Å². The van der Waals surface area contributed by atoms with Crippen LogP contribution in [-0.4, -0.2) is 72.6 Å². The van der Waals surface area contributed by atoms with Gasteiger partial charge in [-0.25, -0.2) is 0 Å². The SMILES string of the molecule is CCCCCCOCCOCCOCCOCCOCCN. The molecule has 6 nitrogen and oxygen atoms in total. The highest BCUT2D eigenvalue weighted by Gasteiger charge is 1.93. The lowest BCUT2D eigenvalue weighted by molar-refractivity contribution is -0.0107. The highest BCUT2D eigenvalue weighted by Crippen LogP contribution is 1.98. The van der Waals surface area contributed by atoms with Crippen molar-refractivity contribution in [2.45, 2.75) is 32.6 Å². The van der Waals surface area contributed by atoms with E-state index in [4.69, 9.17) is 29.4 Å². The number of hydrogen-bond donors (Lipinski definition) is 1. The van der Waals surface area contributed by atoms with Crippen molar-refractivity contribution in [3.05, 3.63) is 0 Å². The molecular weight excluding hydrogens is 286 g/mol. The minimum Gasteiger partial charge on any atom is -0.379 e. The molecule has 0 aliphatic carbocycles. The zero-order valence-electron chi connectivity index (χ0n) is 14.2. The zero-order valence-corrected chi connectivity index (χ0v) is 14.2. The highest BCUT2D eigenvalue weighted by molar-refractivity contribution is 4.40. The van der Waals surface area contributed by atoms with Gasteiger partial charge in [0, 0.05) is 13.2 Å². The van der Waals surface area contributed by atoms with Crippen LogP contribution in [0, 0.1) is 0 Å². The van der Waals surface area contributed by atoms with Gasteiger partial charge in [-0.05, 0) is 6.42 Å². The third-order valence-corrected chi connectivity index (χ3v) is 2.89. The number of hydrogen-bond acceptors (Lipinski definition) is 6. The smallest absolute Gasteiger partial charge is 0.0701 e. The van der Waals surface area contributed by atoms with E-state index in [1.54, 1.807) is 0 Å². The fourth-order valence-corrected chi connectivity index (χ4v) is 1.70. The summed E-state index contributed by atoms with van der Waals surface area (Å²) in [6.45, 7) is 8.97. The fraction of sp³-hybridized carbons (Fsp3) is 1.00. The maximum atomic E-state index is 5.47. The molecule has 0 rings (SSSR count). The molecule has 0 saturated heterocycles. The van der Waals surface area contributed by atoms with Gasteiger partial charge in [-0.2, -0.15) is 0 Å². The van der Waals surface area contributed by atoms with Gasteiger partial charge in [0.1, 0.15) is 0 Å². The summed E-state index contributed by atoms with van der Waals surface area (Å²) in [6, 6.07) is 0. The zero-order chi connectivity index (χ0) is 16.1. The molecule has 0 aromatic heterocycles. The Bertz CT molecular complexity index is 175. The van der Waals surface area contributed by atoms with Crippen LogP contribution in [0.25, 0.3) is 0 Å². The predicted molar refractivity (Wildman–Crippen MR) is 87.3 cm³/mol. The number of nitrogens with two attached hydrogens (primary N) is 1. The molecule has 2 N–H and O–H groups in total. The van der Waals surface area contributed by atoms with Gasteiger partial charge in [-0.15, -0.1) is 0 Å². The van der Waals surface area contributed by atoms with E-state index in [9.17, 15) is 0 Å². The van der Waals surface area contributed by atoms with Gasteiger partial charge in [0.25, 0.3) is 0 Å². The molecule has 0 heterocycles. The first-order valence-electron chi connectivity index (χ1n) is 8.50. The minimum atomic E-state index is 0.549. The van der Waals surface area contributed by atoms with Crippen LogP contribution < -0.4 is 5.73 Å². The van der Waals surface area contributed by atoms with Crippen molar-refractivity contribution >= 4 is 0 Å². The largest absolute Gasteiger partial charge is 0.379 e. The maximum absolute atomic E-state index is 5.47. The molecule has 0 atom stereocenters. The summed E-state index contributed by atoms with van der Waals surface area (Å²) in [5, 5.41) is 0. The van der Waals surface area contributed by atoms with E-state index in [0.29, 0.717) is 66.0 Å². The van der Waals surface area contributed by atoms with Crippen molar-refractivity contribution in [3.8, 4) is 0 Å². The van der Waals surface area contributed by atoms with E-state index in [2.05, 4.69) is 6.92 Å². The molecule has 6 heteroatoms. The summed E-state index contributed by atoms with van der Waals surface area (Å²) < 4.78 is 26.8. The second kappa shape index (κ2) is 20.8. The molecule has 0 unspecified atom stereocenters. The van der Waals surface area contributed by atoms with Crippen molar-refractivity contribution in [2.75, 3.05) is 72.6 Å². The Labute approximate surface area is 135 Å². The third-order valence-electron chi connectivity index (χ3n) is 2.89. The monoisotopic (exact) mass is 321 g/mol. The number of ether oxygens (including phenoxy) is 5. The standard InChI is InChI=1S/C16H35NO5/c1-2-3-4-5-7-18-9-11-20-13-15-22-16-14-21-12-10-19-8-6-17/h2-17H2,1H3. The average molecular weight is 321 g/mol. The maximum Gasteiger partial charge on any atom is 0.0701 e. The molecule has 0 saturated carbocycles. The molecule has 0 amide bonds. The highest BCUT2D eigenvalue weighted by atomic mass is 16.6. The second-order valence-electron chi connectivity index (χ2n) is 4.91. The van der Waals surface area contributed by atoms with Crippen LogP contribution in [0.1, 0.15) is 32.6 Å². The molecule has 22 heavy (non-hydrogen) atoms. The van der Waals surface area contributed by atoms with Crippen LogP contribution in [0.2, 0.25) is 0 Å². The summed E-state index contributed by atoms with van der Waals surface area (Å²) >= 11 is 0. The average Bonchev–Trinajstić information content (AvgIpc) is 2.54. The minimum absolute atomic E-state index is 0.549. The molecule has 0 spiro atoms. The Morgan fingerprint density at radius 1 is 0.500 bits per heavy atom. The van der Waals surface area contributed by atoms with Crippen LogP contribution in [0.15, 0.2) is 0 Å². The Hall–Kier alpha value is -0.240. The van der Waals surface area contributed by atoms with Crippen LogP contribution in [0.5, 0.6) is 0 Å². The van der Waals surface area contributed by atoms with E-state index in [1.807, 2.05) is 0 Å². The molecule has 134 valence electrons. The predicted octanol–water partition coefficient (Wildman–Crippen LogP) is 1.61. The van der Waals surface area contributed by atoms with E-state index >= 15 is 0 Å². The fourth-order valence-electron chi connectivity index (χ4n) is 1.70. The Morgan fingerprint density at radius 2 is 0.909 bits per heavy atom. The van der Waals surface area contributed by atoms with Crippen LogP contribution in [-0.2, 0) is 23.7 Å². The normalized spacial score (nSPS) is 11.2. The summed E-state index contributed by atoms with van der Waals surface area (Å²) in [5.41, 5.74) is 5.29. The van der Waals surface area contributed by atoms with Gasteiger partial charge in [0.15, 0.2) is 0 Å². The summed E-state index contributed by atoms with van der Waals surface area (Å²) in [6.07, 6.45) is 4.96. The summed E-state index contributed by atoms with van der Waals surface area (Å²) in [5.74, 6) is 0. The third kappa shape index (κ3) is 19.8. The Balaban J connectivity index is 2.91. The summed E-state index contributed by atoms with van der Waals surface area (Å²) in [7, 11) is 0. The van der Waals surface area contributed by atoms with Gasteiger partial charge in [-0.1, -0.05) is 26.2 Å². The van der Waals surface area contributed by atoms with Crippen LogP contribution in [0.3, 0.4) is 0 Å². The molecule has 0 fully saturated rings. The van der Waals surface area contributed by atoms with Crippen molar-refractivity contribution in [3.63, 3.8) is 0 Å². The molecule has 0 aromatic carbocycles. The lowest BCUT2D eigenvalue weighted by Gasteiger charge is -2.07. The van der Waals surface area contributed by atoms with Gasteiger partial charge in [0.2, 0.25) is 0 Å². The van der Waals surface area contributed by atoms with Gasteiger partial charge in [0.05, 0.1) is 59.5 Å². The Kier molecular flexibility index (Phi) is 20.5. The van der Waals surface area contributed by atoms with Gasteiger partial charge < -0.3 is 29.4 Å². The molecular formula is C16H35NO5. The van der Waals surface area contributed by atoms with E-state index in [1.165, 1.54) is 19.3 Å². The molecule has 0 aliphatic rings. The first-order valence-corrected chi connectivity index (χ1v) is 8.50. The van der Waals surface area contributed by atoms with E-state index in [0.717, 1.165) is 13.0 Å². The Morgan fingerprint density at radius 3 is 1.32 bits per heavy atom. The summed E-state index contributed by atoms with van der Waals surface area (Å²) in [4.78, 5) is 0. The first-order chi connectivity index (χ1) is 10.9. The number of unbranched alkanes of at least 4 members (excludes halogenated alkanes) is 3. The second-order valence-corrected chi connectivity index (χ2v) is 4.91. The lowest BCUT2D eigenvalue weighted by Crippen LogP contribution is -2.14. The molecule has 0 aliphatic heterocycles. The van der Waals surface area contributed by atoms with Crippen molar-refractivity contribution in [1.29, 1.82) is 0 Å². The van der Waals surface area contributed by atoms with Crippen molar-refractivity contribution in [1.82, 2.24) is 0 Å². The first kappa shape index (κ1) is 21.8. The molecule has 0 bridgehead atoms. The van der Waals surface area contributed by atoms with Crippen molar-refractivity contribution < 1.29 is 23.7 Å². The quantitative estimate of drug-likeness (QED) is 0.364. The van der Waals surface area contributed by atoms with Crippen LogP contribution in [0.4, 0.5) is 0 Å². The van der Waals surface area contributed by atoms with E-state index in [-0.39, 0.29) is 0 Å². The molecule has 0 aromatic rings. The topological polar surface area (TPSA) is 72.2 Å². The number of rotatable bonds is 19. The van der Waals surface area contributed by atoms with Crippen molar-refractivity contribution in [2.24, 2.45) is 5.73 Å². The lowest BCUT2D eigenvalue weighted by atomic mass is 10.2. The van der Waals surface area contributed by atoms with Gasteiger partial charge >= 0.3 is 0 Å². The van der Waals surface area contributed by atoms with Gasteiger partial charge in [-0.3, -0.25) is 0 Å². The van der Waals surface area contributed by atoms with Crippen LogP contribution >= 0.6 is 0 Å². The molecule has 0 radical (unpaired) electrons.